The number of hydrogen-bond donors (Lipinski definition) is 2. The zero-order chi connectivity index (χ0) is 18.2. The maximum atomic E-state index is 12.9. The van der Waals surface area contributed by atoms with E-state index in [9.17, 15) is 4.39 Å². The first kappa shape index (κ1) is 17.7. The molecular weight excluding hydrogens is 331 g/mol. The molecule has 1 heterocycles. The number of halogens is 1. The summed E-state index contributed by atoms with van der Waals surface area (Å²) in [7, 11) is 1.66. The van der Waals surface area contributed by atoms with Crippen LogP contribution in [-0.4, -0.2) is 23.6 Å². The Labute approximate surface area is 152 Å². The van der Waals surface area contributed by atoms with Crippen LogP contribution in [0, 0.1) is 5.82 Å². The predicted molar refractivity (Wildman–Crippen MR) is 101 cm³/mol. The predicted octanol–water partition coefficient (Wildman–Crippen LogP) is 3.89. The number of nitrogens with one attached hydrogen (secondary N) is 2. The molecule has 0 spiro atoms. The van der Waals surface area contributed by atoms with Crippen molar-refractivity contribution in [1.29, 1.82) is 0 Å². The van der Waals surface area contributed by atoms with Crippen LogP contribution < -0.4 is 15.4 Å². The first-order valence-electron chi connectivity index (χ1n) is 8.42. The van der Waals surface area contributed by atoms with Crippen LogP contribution in [0.5, 0.6) is 5.75 Å². The lowest BCUT2D eigenvalue weighted by Gasteiger charge is -2.11. The zero-order valence-corrected chi connectivity index (χ0v) is 14.6. The molecule has 0 unspecified atom stereocenters. The van der Waals surface area contributed by atoms with Gasteiger partial charge in [0, 0.05) is 24.8 Å². The van der Waals surface area contributed by atoms with Gasteiger partial charge in [0.25, 0.3) is 0 Å². The Morgan fingerprint density at radius 1 is 1.00 bits per heavy atom. The van der Waals surface area contributed by atoms with E-state index >= 15 is 0 Å². The summed E-state index contributed by atoms with van der Waals surface area (Å²) >= 11 is 0. The summed E-state index contributed by atoms with van der Waals surface area (Å²) < 4.78 is 18.3. The lowest BCUT2D eigenvalue weighted by Crippen LogP contribution is -2.09. The second kappa shape index (κ2) is 8.80. The van der Waals surface area contributed by atoms with Crippen LogP contribution in [0.15, 0.2) is 60.8 Å². The number of methoxy groups -OCH3 is 1. The molecular formula is C20H21FN4O. The standard InChI is InChI=1S/C20H21FN4O/c1-26-18-5-3-2-4-16(18)14-24-19-11-13-23-20(25-19)22-12-10-15-6-8-17(21)9-7-15/h2-9,11,13H,10,12,14H2,1H3,(H2,22,23,24,25). The Hall–Kier alpha value is -3.15. The maximum absolute atomic E-state index is 12.9. The smallest absolute Gasteiger partial charge is 0.224 e. The third-order valence-corrected chi connectivity index (χ3v) is 3.92. The Balaban J connectivity index is 1.53. The van der Waals surface area contributed by atoms with Crippen LogP contribution >= 0.6 is 0 Å². The fourth-order valence-electron chi connectivity index (χ4n) is 2.55. The molecule has 0 bridgehead atoms. The summed E-state index contributed by atoms with van der Waals surface area (Å²) in [5, 5.41) is 6.47. The fraction of sp³-hybridized carbons (Fsp3) is 0.200. The van der Waals surface area contributed by atoms with E-state index in [1.54, 1.807) is 25.4 Å². The lowest BCUT2D eigenvalue weighted by atomic mass is 10.1. The van der Waals surface area contributed by atoms with E-state index in [1.165, 1.54) is 12.1 Å². The van der Waals surface area contributed by atoms with Gasteiger partial charge in [-0.1, -0.05) is 30.3 Å². The molecule has 0 saturated carbocycles. The number of aromatic nitrogens is 2. The minimum Gasteiger partial charge on any atom is -0.496 e. The highest BCUT2D eigenvalue weighted by molar-refractivity contribution is 5.42. The van der Waals surface area contributed by atoms with E-state index in [2.05, 4.69) is 20.6 Å². The van der Waals surface area contributed by atoms with E-state index in [-0.39, 0.29) is 5.82 Å². The van der Waals surface area contributed by atoms with Crippen molar-refractivity contribution >= 4 is 11.8 Å². The van der Waals surface area contributed by atoms with Gasteiger partial charge in [0.1, 0.15) is 17.4 Å². The topological polar surface area (TPSA) is 59.1 Å². The molecule has 0 fully saturated rings. The second-order valence-corrected chi connectivity index (χ2v) is 5.73. The average molecular weight is 352 g/mol. The van der Waals surface area contributed by atoms with Gasteiger partial charge in [-0.3, -0.25) is 0 Å². The summed E-state index contributed by atoms with van der Waals surface area (Å²) in [5.74, 6) is 1.90. The number of para-hydroxylation sites is 1. The lowest BCUT2D eigenvalue weighted by molar-refractivity contribution is 0.410. The molecule has 134 valence electrons. The Kier molecular flexibility index (Phi) is 5.98. The van der Waals surface area contributed by atoms with Crippen LogP contribution in [0.2, 0.25) is 0 Å². The average Bonchev–Trinajstić information content (AvgIpc) is 2.68. The maximum Gasteiger partial charge on any atom is 0.224 e. The van der Waals surface area contributed by atoms with Gasteiger partial charge >= 0.3 is 0 Å². The molecule has 6 heteroatoms. The molecule has 0 saturated heterocycles. The summed E-state index contributed by atoms with van der Waals surface area (Å²) in [6.45, 7) is 1.28. The van der Waals surface area contributed by atoms with Crippen molar-refractivity contribution in [2.45, 2.75) is 13.0 Å². The molecule has 0 radical (unpaired) electrons. The van der Waals surface area contributed by atoms with Gasteiger partial charge in [-0.05, 0) is 36.2 Å². The van der Waals surface area contributed by atoms with Crippen LogP contribution in [0.1, 0.15) is 11.1 Å². The second-order valence-electron chi connectivity index (χ2n) is 5.73. The van der Waals surface area contributed by atoms with Crippen LogP contribution in [0.25, 0.3) is 0 Å². The molecule has 2 N–H and O–H groups in total. The molecule has 26 heavy (non-hydrogen) atoms. The van der Waals surface area contributed by atoms with Crippen molar-refractivity contribution in [2.24, 2.45) is 0 Å². The number of ether oxygens (including phenoxy) is 1. The van der Waals surface area contributed by atoms with Gasteiger partial charge < -0.3 is 15.4 Å². The third-order valence-electron chi connectivity index (χ3n) is 3.92. The monoisotopic (exact) mass is 352 g/mol. The molecule has 0 aliphatic rings. The molecule has 0 atom stereocenters. The molecule has 0 aliphatic heterocycles. The van der Waals surface area contributed by atoms with Crippen molar-refractivity contribution in [1.82, 2.24) is 9.97 Å². The zero-order valence-electron chi connectivity index (χ0n) is 14.6. The number of benzene rings is 2. The highest BCUT2D eigenvalue weighted by Gasteiger charge is 2.03. The first-order chi connectivity index (χ1) is 12.7. The largest absolute Gasteiger partial charge is 0.496 e. The van der Waals surface area contributed by atoms with Crippen LogP contribution in [0.3, 0.4) is 0 Å². The molecule has 0 amide bonds. The molecule has 2 aromatic carbocycles. The van der Waals surface area contributed by atoms with Crippen molar-refractivity contribution in [3.63, 3.8) is 0 Å². The van der Waals surface area contributed by atoms with Gasteiger partial charge in [0.2, 0.25) is 5.95 Å². The molecule has 0 aliphatic carbocycles. The van der Waals surface area contributed by atoms with Crippen molar-refractivity contribution in [3.8, 4) is 5.75 Å². The van der Waals surface area contributed by atoms with Gasteiger partial charge in [-0.25, -0.2) is 9.37 Å². The Morgan fingerprint density at radius 3 is 2.62 bits per heavy atom. The Morgan fingerprint density at radius 2 is 1.81 bits per heavy atom. The summed E-state index contributed by atoms with van der Waals surface area (Å²) in [6.07, 6.45) is 2.47. The summed E-state index contributed by atoms with van der Waals surface area (Å²) in [4.78, 5) is 8.68. The highest BCUT2D eigenvalue weighted by atomic mass is 19.1. The van der Waals surface area contributed by atoms with E-state index in [1.807, 2.05) is 30.3 Å². The number of nitrogens with zero attached hydrogens (tertiary/aromatic N) is 2. The van der Waals surface area contributed by atoms with E-state index in [0.717, 1.165) is 29.1 Å². The van der Waals surface area contributed by atoms with E-state index in [0.29, 0.717) is 19.0 Å². The molecule has 5 nitrogen and oxygen atoms in total. The summed E-state index contributed by atoms with van der Waals surface area (Å²) in [6, 6.07) is 16.2. The van der Waals surface area contributed by atoms with Crippen LogP contribution in [0.4, 0.5) is 16.2 Å². The first-order valence-corrected chi connectivity index (χ1v) is 8.42. The fourth-order valence-corrected chi connectivity index (χ4v) is 2.55. The van der Waals surface area contributed by atoms with Crippen molar-refractivity contribution in [3.05, 3.63) is 77.7 Å². The minimum absolute atomic E-state index is 0.223. The van der Waals surface area contributed by atoms with Crippen molar-refractivity contribution < 1.29 is 9.13 Å². The molecule has 3 rings (SSSR count). The Bertz CT molecular complexity index is 839. The van der Waals surface area contributed by atoms with Gasteiger partial charge in [-0.2, -0.15) is 4.98 Å². The van der Waals surface area contributed by atoms with Gasteiger partial charge in [-0.15, -0.1) is 0 Å². The normalized spacial score (nSPS) is 10.4. The minimum atomic E-state index is -0.223. The third kappa shape index (κ3) is 4.92. The van der Waals surface area contributed by atoms with E-state index in [4.69, 9.17) is 4.74 Å². The summed E-state index contributed by atoms with van der Waals surface area (Å²) in [5.41, 5.74) is 2.11. The molecule has 3 aromatic rings. The van der Waals surface area contributed by atoms with Gasteiger partial charge in [0.05, 0.1) is 7.11 Å². The number of anilines is 2. The van der Waals surface area contributed by atoms with Gasteiger partial charge in [0.15, 0.2) is 0 Å². The molecule has 1 aromatic heterocycles. The van der Waals surface area contributed by atoms with Crippen molar-refractivity contribution in [2.75, 3.05) is 24.3 Å². The number of hydrogen-bond acceptors (Lipinski definition) is 5. The SMILES string of the molecule is COc1ccccc1CNc1ccnc(NCCc2ccc(F)cc2)n1. The number of rotatable bonds is 8. The quantitative estimate of drug-likeness (QED) is 0.644. The van der Waals surface area contributed by atoms with E-state index < -0.39 is 0 Å². The van der Waals surface area contributed by atoms with Crippen LogP contribution in [-0.2, 0) is 13.0 Å². The highest BCUT2D eigenvalue weighted by Crippen LogP contribution is 2.18.